The summed E-state index contributed by atoms with van der Waals surface area (Å²) in [6.45, 7) is 1.50. The largest absolute Gasteiger partial charge is 0.339 e. The van der Waals surface area contributed by atoms with Crippen LogP contribution in [0.25, 0.3) is 0 Å². The van der Waals surface area contributed by atoms with Crippen LogP contribution in [0.1, 0.15) is 23.2 Å². The molecule has 0 bridgehead atoms. The Morgan fingerprint density at radius 2 is 1.71 bits per heavy atom. The minimum absolute atomic E-state index is 0.0694. The minimum Gasteiger partial charge on any atom is -0.339 e. The Bertz CT molecular complexity index is 844. The molecule has 7 heteroatoms. The number of hydrogen-bond acceptors (Lipinski definition) is 3. The van der Waals surface area contributed by atoms with E-state index in [1.807, 2.05) is 0 Å². The zero-order chi connectivity index (χ0) is 17.2. The fourth-order valence-electron chi connectivity index (χ4n) is 2.65. The van der Waals surface area contributed by atoms with Crippen molar-refractivity contribution in [2.24, 2.45) is 0 Å². The summed E-state index contributed by atoms with van der Waals surface area (Å²) >= 11 is 5.78. The molecule has 0 saturated carbocycles. The second-order valence-corrected chi connectivity index (χ2v) is 7.76. The second kappa shape index (κ2) is 6.83. The third-order valence-corrected chi connectivity index (χ3v) is 5.53. The van der Waals surface area contributed by atoms with Gasteiger partial charge in [-0.15, -0.1) is 0 Å². The SMILES string of the molecule is O=C(c1cccc(NS(=O)(=O)c2ccc(Cl)cc2)c1)N1CCCC1. The third kappa shape index (κ3) is 3.71. The Morgan fingerprint density at radius 1 is 1.04 bits per heavy atom. The maximum Gasteiger partial charge on any atom is 0.261 e. The first-order chi connectivity index (χ1) is 11.5. The van der Waals surface area contributed by atoms with Crippen molar-refractivity contribution in [3.05, 3.63) is 59.1 Å². The van der Waals surface area contributed by atoms with Gasteiger partial charge in [0.15, 0.2) is 0 Å². The highest BCUT2D eigenvalue weighted by Gasteiger charge is 2.20. The average Bonchev–Trinajstić information content (AvgIpc) is 3.09. The van der Waals surface area contributed by atoms with Crippen LogP contribution < -0.4 is 4.72 Å². The van der Waals surface area contributed by atoms with Crippen LogP contribution in [-0.4, -0.2) is 32.3 Å². The normalized spacial score (nSPS) is 14.6. The summed E-state index contributed by atoms with van der Waals surface area (Å²) in [7, 11) is -3.73. The summed E-state index contributed by atoms with van der Waals surface area (Å²) in [6, 6.07) is 12.5. The predicted molar refractivity (Wildman–Crippen MR) is 93.8 cm³/mol. The number of sulfonamides is 1. The van der Waals surface area contributed by atoms with Gasteiger partial charge < -0.3 is 4.90 Å². The van der Waals surface area contributed by atoms with E-state index < -0.39 is 10.0 Å². The lowest BCUT2D eigenvalue weighted by Gasteiger charge is -2.16. The van der Waals surface area contributed by atoms with Crippen molar-refractivity contribution in [1.29, 1.82) is 0 Å². The molecule has 1 N–H and O–H groups in total. The van der Waals surface area contributed by atoms with Gasteiger partial charge in [0.05, 0.1) is 4.90 Å². The van der Waals surface area contributed by atoms with Gasteiger partial charge >= 0.3 is 0 Å². The van der Waals surface area contributed by atoms with Crippen LogP contribution in [0.5, 0.6) is 0 Å². The topological polar surface area (TPSA) is 66.5 Å². The molecule has 2 aromatic carbocycles. The molecule has 0 spiro atoms. The molecule has 0 aromatic heterocycles. The summed E-state index contributed by atoms with van der Waals surface area (Å²) in [5.74, 6) is -0.0694. The van der Waals surface area contributed by atoms with E-state index in [-0.39, 0.29) is 10.8 Å². The van der Waals surface area contributed by atoms with Gasteiger partial charge in [-0.2, -0.15) is 0 Å². The van der Waals surface area contributed by atoms with Crippen LogP contribution in [0.15, 0.2) is 53.4 Å². The second-order valence-electron chi connectivity index (χ2n) is 5.64. The van der Waals surface area contributed by atoms with E-state index in [2.05, 4.69) is 4.72 Å². The molecule has 1 amide bonds. The van der Waals surface area contributed by atoms with Gasteiger partial charge in [0, 0.05) is 29.4 Å². The number of rotatable bonds is 4. The van der Waals surface area contributed by atoms with Gasteiger partial charge in [-0.1, -0.05) is 17.7 Å². The number of benzene rings is 2. The molecule has 3 rings (SSSR count). The molecule has 5 nitrogen and oxygen atoms in total. The first-order valence-electron chi connectivity index (χ1n) is 7.63. The minimum atomic E-state index is -3.73. The Labute approximate surface area is 146 Å². The summed E-state index contributed by atoms with van der Waals surface area (Å²) < 4.78 is 27.3. The fraction of sp³-hybridized carbons (Fsp3) is 0.235. The lowest BCUT2D eigenvalue weighted by atomic mass is 10.2. The number of nitrogens with one attached hydrogen (secondary N) is 1. The van der Waals surface area contributed by atoms with Crippen molar-refractivity contribution < 1.29 is 13.2 Å². The number of hydrogen-bond donors (Lipinski definition) is 1. The van der Waals surface area contributed by atoms with Gasteiger partial charge in [0.25, 0.3) is 15.9 Å². The first-order valence-corrected chi connectivity index (χ1v) is 9.49. The zero-order valence-electron chi connectivity index (χ0n) is 12.9. The number of carbonyl (C=O) groups is 1. The molecule has 24 heavy (non-hydrogen) atoms. The highest BCUT2D eigenvalue weighted by Crippen LogP contribution is 2.20. The summed E-state index contributed by atoms with van der Waals surface area (Å²) in [4.78, 5) is 14.3. The summed E-state index contributed by atoms with van der Waals surface area (Å²) in [5.41, 5.74) is 0.836. The van der Waals surface area contributed by atoms with Gasteiger partial charge in [0.2, 0.25) is 0 Å². The van der Waals surface area contributed by atoms with Crippen molar-refractivity contribution in [2.75, 3.05) is 17.8 Å². The van der Waals surface area contributed by atoms with Crippen LogP contribution in [0.3, 0.4) is 0 Å². The van der Waals surface area contributed by atoms with Crippen molar-refractivity contribution in [2.45, 2.75) is 17.7 Å². The first kappa shape index (κ1) is 16.8. The summed E-state index contributed by atoms with van der Waals surface area (Å²) in [6.07, 6.45) is 2.02. The van der Waals surface area contributed by atoms with Gasteiger partial charge in [-0.3, -0.25) is 9.52 Å². The van der Waals surface area contributed by atoms with E-state index in [0.29, 0.717) is 16.3 Å². The van der Waals surface area contributed by atoms with Crippen molar-refractivity contribution in [3.63, 3.8) is 0 Å². The molecule has 0 radical (unpaired) electrons. The van der Waals surface area contributed by atoms with E-state index in [1.165, 1.54) is 24.3 Å². The van der Waals surface area contributed by atoms with Gasteiger partial charge in [0.1, 0.15) is 0 Å². The lowest BCUT2D eigenvalue weighted by Crippen LogP contribution is -2.27. The summed E-state index contributed by atoms with van der Waals surface area (Å²) in [5, 5.41) is 0.465. The molecule has 0 aliphatic carbocycles. The Kier molecular flexibility index (Phi) is 4.78. The molecule has 0 atom stereocenters. The smallest absolute Gasteiger partial charge is 0.261 e. The number of halogens is 1. The van der Waals surface area contributed by atoms with E-state index in [0.717, 1.165) is 25.9 Å². The number of carbonyl (C=O) groups excluding carboxylic acids is 1. The molecule has 1 aliphatic heterocycles. The number of likely N-dealkylation sites (tertiary alicyclic amines) is 1. The zero-order valence-corrected chi connectivity index (χ0v) is 14.5. The Hall–Kier alpha value is -2.05. The van der Waals surface area contributed by atoms with Crippen LogP contribution in [0.4, 0.5) is 5.69 Å². The van der Waals surface area contributed by atoms with Crippen LogP contribution in [0, 0.1) is 0 Å². The molecule has 1 fully saturated rings. The maximum absolute atomic E-state index is 12.4. The number of anilines is 1. The highest BCUT2D eigenvalue weighted by molar-refractivity contribution is 7.92. The van der Waals surface area contributed by atoms with E-state index in [9.17, 15) is 13.2 Å². The van der Waals surface area contributed by atoms with E-state index in [4.69, 9.17) is 11.6 Å². The Morgan fingerprint density at radius 3 is 2.38 bits per heavy atom. The molecule has 1 aliphatic rings. The lowest BCUT2D eigenvalue weighted by molar-refractivity contribution is 0.0793. The molecule has 0 unspecified atom stereocenters. The molecule has 1 heterocycles. The standard InChI is InChI=1S/C17H17ClN2O3S/c18-14-6-8-16(9-7-14)24(22,23)19-15-5-3-4-13(12-15)17(21)20-10-1-2-11-20/h3-9,12,19H,1-2,10-11H2. The van der Waals surface area contributed by atoms with Crippen LogP contribution >= 0.6 is 11.6 Å². The predicted octanol–water partition coefficient (Wildman–Crippen LogP) is 3.38. The highest BCUT2D eigenvalue weighted by atomic mass is 35.5. The molecular weight excluding hydrogens is 348 g/mol. The molecular formula is C17H17ClN2O3S. The number of nitrogens with zero attached hydrogens (tertiary/aromatic N) is 1. The van der Waals surface area contributed by atoms with Gasteiger partial charge in [-0.05, 0) is 55.3 Å². The number of amides is 1. The van der Waals surface area contributed by atoms with E-state index >= 15 is 0 Å². The van der Waals surface area contributed by atoms with E-state index in [1.54, 1.807) is 29.2 Å². The Balaban J connectivity index is 1.81. The average molecular weight is 365 g/mol. The van der Waals surface area contributed by atoms with Gasteiger partial charge in [-0.25, -0.2) is 8.42 Å². The van der Waals surface area contributed by atoms with Crippen LogP contribution in [-0.2, 0) is 10.0 Å². The fourth-order valence-corrected chi connectivity index (χ4v) is 3.82. The van der Waals surface area contributed by atoms with Crippen molar-refractivity contribution >= 4 is 33.2 Å². The molecule has 126 valence electrons. The maximum atomic E-state index is 12.4. The van der Waals surface area contributed by atoms with Crippen molar-refractivity contribution in [1.82, 2.24) is 4.90 Å². The van der Waals surface area contributed by atoms with Crippen molar-refractivity contribution in [3.8, 4) is 0 Å². The van der Waals surface area contributed by atoms with Crippen LogP contribution in [0.2, 0.25) is 5.02 Å². The molecule has 1 saturated heterocycles. The monoisotopic (exact) mass is 364 g/mol. The molecule has 2 aromatic rings. The quantitative estimate of drug-likeness (QED) is 0.904. The third-order valence-electron chi connectivity index (χ3n) is 3.88.